The van der Waals surface area contributed by atoms with Crippen molar-refractivity contribution in [3.63, 3.8) is 0 Å². The molecule has 0 aliphatic carbocycles. The van der Waals surface area contributed by atoms with Gasteiger partial charge in [0.1, 0.15) is 5.82 Å². The van der Waals surface area contributed by atoms with Gasteiger partial charge in [-0.3, -0.25) is 9.69 Å². The average Bonchev–Trinajstić information content (AvgIpc) is 3.11. The molecule has 2 atom stereocenters. The van der Waals surface area contributed by atoms with E-state index < -0.39 is 0 Å². The minimum absolute atomic E-state index is 0.115. The maximum absolute atomic E-state index is 13.5. The first-order valence-corrected chi connectivity index (χ1v) is 11.1. The minimum atomic E-state index is -0.130. The zero-order valence-electron chi connectivity index (χ0n) is 17.9. The average molecular weight is 391 g/mol. The molecule has 158 valence electrons. The summed E-state index contributed by atoms with van der Waals surface area (Å²) in [6.45, 7) is 7.95. The topological polar surface area (TPSA) is 61.6 Å². The van der Waals surface area contributed by atoms with Crippen LogP contribution in [0.15, 0.2) is 12.4 Å². The zero-order chi connectivity index (χ0) is 20.1. The lowest BCUT2D eigenvalue weighted by atomic mass is 9.68. The lowest BCUT2D eigenvalue weighted by molar-refractivity contribution is -0.152. The highest BCUT2D eigenvalue weighted by Crippen LogP contribution is 2.43. The maximum Gasteiger partial charge on any atom is 0.225 e. The van der Waals surface area contributed by atoms with E-state index >= 15 is 0 Å². The van der Waals surface area contributed by atoms with Crippen molar-refractivity contribution in [2.75, 3.05) is 26.2 Å². The summed E-state index contributed by atoms with van der Waals surface area (Å²) >= 11 is 0. The van der Waals surface area contributed by atoms with Gasteiger partial charge >= 0.3 is 0 Å². The van der Waals surface area contributed by atoms with Gasteiger partial charge in [0, 0.05) is 43.9 Å². The number of hydrogen-bond acceptors (Lipinski definition) is 4. The molecule has 1 aromatic heterocycles. The fourth-order valence-electron chi connectivity index (χ4n) is 5.30. The summed E-state index contributed by atoms with van der Waals surface area (Å²) < 4.78 is 2.07. The molecule has 0 spiro atoms. The molecule has 0 unspecified atom stereocenters. The number of aromatic nitrogens is 2. The molecule has 2 aliphatic heterocycles. The molecule has 0 bridgehead atoms. The number of fused-ring (bicyclic) bond motifs is 1. The number of aliphatic hydroxyl groups excluding tert-OH is 1. The lowest BCUT2D eigenvalue weighted by Crippen LogP contribution is -2.64. The fourth-order valence-corrected chi connectivity index (χ4v) is 5.30. The number of piperidine rings is 2. The first-order valence-electron chi connectivity index (χ1n) is 11.1. The highest BCUT2D eigenvalue weighted by Gasteiger charge is 2.49. The van der Waals surface area contributed by atoms with E-state index in [0.717, 1.165) is 76.9 Å². The van der Waals surface area contributed by atoms with Crippen LogP contribution < -0.4 is 0 Å². The SMILES string of the molecule is CCCC(CCC)C(=O)N1CCC[C@]2(CO)CCN(Cc3nccn3C)C[C@@H]12. The predicted molar refractivity (Wildman–Crippen MR) is 111 cm³/mol. The molecule has 0 aromatic carbocycles. The van der Waals surface area contributed by atoms with Crippen LogP contribution in [0, 0.1) is 11.3 Å². The van der Waals surface area contributed by atoms with E-state index in [9.17, 15) is 9.90 Å². The van der Waals surface area contributed by atoms with Crippen molar-refractivity contribution in [1.82, 2.24) is 19.4 Å². The number of carbonyl (C=O) groups is 1. The quantitative estimate of drug-likeness (QED) is 0.741. The molecule has 1 amide bonds. The van der Waals surface area contributed by atoms with Crippen LogP contribution in [0.3, 0.4) is 0 Å². The van der Waals surface area contributed by atoms with E-state index in [2.05, 4.69) is 33.2 Å². The largest absolute Gasteiger partial charge is 0.396 e. The fraction of sp³-hybridized carbons (Fsp3) is 0.818. The summed E-state index contributed by atoms with van der Waals surface area (Å²) in [6.07, 6.45) is 10.8. The molecule has 0 saturated carbocycles. The number of rotatable bonds is 8. The van der Waals surface area contributed by atoms with Gasteiger partial charge in [-0.15, -0.1) is 0 Å². The molecular formula is C22H38N4O2. The highest BCUT2D eigenvalue weighted by molar-refractivity contribution is 5.79. The van der Waals surface area contributed by atoms with Crippen LogP contribution in [0.25, 0.3) is 0 Å². The lowest BCUT2D eigenvalue weighted by Gasteiger charge is -2.55. The summed E-state index contributed by atoms with van der Waals surface area (Å²) in [5.41, 5.74) is -0.130. The Balaban J connectivity index is 1.78. The second kappa shape index (κ2) is 9.40. The summed E-state index contributed by atoms with van der Waals surface area (Å²) in [6, 6.07) is 0.115. The number of amides is 1. The number of carbonyl (C=O) groups excluding carboxylic acids is 1. The Kier molecular flexibility index (Phi) is 7.15. The van der Waals surface area contributed by atoms with Gasteiger partial charge < -0.3 is 14.6 Å². The van der Waals surface area contributed by atoms with E-state index in [-0.39, 0.29) is 24.0 Å². The molecule has 1 N–H and O–H groups in total. The predicted octanol–water partition coefficient (Wildman–Crippen LogP) is 2.81. The number of likely N-dealkylation sites (tertiary alicyclic amines) is 2. The second-order valence-electron chi connectivity index (χ2n) is 8.89. The third-order valence-corrected chi connectivity index (χ3v) is 7.02. The molecular weight excluding hydrogens is 352 g/mol. The van der Waals surface area contributed by atoms with E-state index in [0.29, 0.717) is 5.91 Å². The van der Waals surface area contributed by atoms with Crippen molar-refractivity contribution < 1.29 is 9.90 Å². The van der Waals surface area contributed by atoms with E-state index in [1.54, 1.807) is 0 Å². The van der Waals surface area contributed by atoms with Gasteiger partial charge in [-0.25, -0.2) is 4.98 Å². The summed E-state index contributed by atoms with van der Waals surface area (Å²) in [5, 5.41) is 10.3. The van der Waals surface area contributed by atoms with Crippen LogP contribution in [0.4, 0.5) is 0 Å². The normalized spacial score (nSPS) is 25.9. The highest BCUT2D eigenvalue weighted by atomic mass is 16.3. The number of aliphatic hydroxyl groups is 1. The zero-order valence-corrected chi connectivity index (χ0v) is 17.9. The van der Waals surface area contributed by atoms with Crippen LogP contribution in [0.2, 0.25) is 0 Å². The van der Waals surface area contributed by atoms with E-state index in [1.807, 2.05) is 19.4 Å². The van der Waals surface area contributed by atoms with Gasteiger partial charge in [0.15, 0.2) is 0 Å². The third-order valence-electron chi connectivity index (χ3n) is 7.02. The monoisotopic (exact) mass is 390 g/mol. The Bertz CT molecular complexity index is 640. The number of nitrogens with zero attached hydrogens (tertiary/aromatic N) is 4. The van der Waals surface area contributed by atoms with Gasteiger partial charge in [-0.05, 0) is 38.6 Å². The van der Waals surface area contributed by atoms with Crippen molar-refractivity contribution in [2.45, 2.75) is 71.4 Å². The number of imidazole rings is 1. The Labute approximate surface area is 169 Å². The maximum atomic E-state index is 13.5. The van der Waals surface area contributed by atoms with Crippen molar-refractivity contribution in [3.05, 3.63) is 18.2 Å². The molecule has 6 nitrogen and oxygen atoms in total. The van der Waals surface area contributed by atoms with Crippen LogP contribution in [0.1, 0.15) is 64.6 Å². The third kappa shape index (κ3) is 4.28. The Morgan fingerprint density at radius 1 is 1.29 bits per heavy atom. The smallest absolute Gasteiger partial charge is 0.225 e. The molecule has 3 rings (SSSR count). The van der Waals surface area contributed by atoms with E-state index in [4.69, 9.17) is 0 Å². The van der Waals surface area contributed by atoms with Gasteiger partial charge in [-0.1, -0.05) is 26.7 Å². The van der Waals surface area contributed by atoms with Crippen LogP contribution >= 0.6 is 0 Å². The Morgan fingerprint density at radius 3 is 2.64 bits per heavy atom. The van der Waals surface area contributed by atoms with Crippen LogP contribution in [0.5, 0.6) is 0 Å². The minimum Gasteiger partial charge on any atom is -0.396 e. The molecule has 0 radical (unpaired) electrons. The molecule has 28 heavy (non-hydrogen) atoms. The van der Waals surface area contributed by atoms with Crippen molar-refractivity contribution >= 4 is 5.91 Å². The van der Waals surface area contributed by atoms with Crippen LogP contribution in [-0.4, -0.2) is 62.6 Å². The van der Waals surface area contributed by atoms with Gasteiger partial charge in [-0.2, -0.15) is 0 Å². The molecule has 3 heterocycles. The summed E-state index contributed by atoms with van der Waals surface area (Å²) in [5.74, 6) is 1.51. The summed E-state index contributed by atoms with van der Waals surface area (Å²) in [7, 11) is 2.03. The molecule has 2 aliphatic rings. The molecule has 2 saturated heterocycles. The molecule has 2 fully saturated rings. The van der Waals surface area contributed by atoms with E-state index in [1.165, 1.54) is 0 Å². The molecule has 6 heteroatoms. The van der Waals surface area contributed by atoms with Gasteiger partial charge in [0.05, 0.1) is 19.2 Å². The second-order valence-corrected chi connectivity index (χ2v) is 8.89. The summed E-state index contributed by atoms with van der Waals surface area (Å²) in [4.78, 5) is 22.5. The molecule has 1 aromatic rings. The van der Waals surface area contributed by atoms with Crippen molar-refractivity contribution in [2.24, 2.45) is 18.4 Å². The van der Waals surface area contributed by atoms with Crippen LogP contribution in [-0.2, 0) is 18.4 Å². The standard InChI is InChI=1S/C22H38N4O2/c1-4-7-18(8-5-2)21(28)26-12-6-9-22(17-27)10-13-25(15-19(22)26)16-20-23-11-14-24(20)3/h11,14,18-19,27H,4-10,12-13,15-17H2,1-3H3/t19-,22-/m1/s1. The first kappa shape index (κ1) is 21.3. The first-order chi connectivity index (χ1) is 13.5. The van der Waals surface area contributed by atoms with Gasteiger partial charge in [0.2, 0.25) is 5.91 Å². The Hall–Kier alpha value is -1.40. The van der Waals surface area contributed by atoms with Gasteiger partial charge in [0.25, 0.3) is 0 Å². The van der Waals surface area contributed by atoms with Crippen molar-refractivity contribution in [1.29, 1.82) is 0 Å². The van der Waals surface area contributed by atoms with Crippen molar-refractivity contribution in [3.8, 4) is 0 Å². The number of hydrogen-bond donors (Lipinski definition) is 1. The number of aryl methyl sites for hydroxylation is 1. The Morgan fingerprint density at radius 2 is 2.04 bits per heavy atom.